The van der Waals surface area contributed by atoms with Gasteiger partial charge in [0.15, 0.2) is 0 Å². The van der Waals surface area contributed by atoms with Gasteiger partial charge in [0.25, 0.3) is 0 Å². The lowest BCUT2D eigenvalue weighted by molar-refractivity contribution is -0.140. The summed E-state index contributed by atoms with van der Waals surface area (Å²) in [6.07, 6.45) is 7.32. The van der Waals surface area contributed by atoms with E-state index in [9.17, 15) is 9.59 Å². The van der Waals surface area contributed by atoms with E-state index in [1.807, 2.05) is 149 Å². The molecule has 4 atom stereocenters. The number of hydrogen-bond acceptors (Lipinski definition) is 12. The fourth-order valence-corrected chi connectivity index (χ4v) is 9.25. The maximum Gasteiger partial charge on any atom is 0.338 e. The summed E-state index contributed by atoms with van der Waals surface area (Å²) in [6.45, 7) is 33.1. The summed E-state index contributed by atoms with van der Waals surface area (Å²) in [4.78, 5) is 26.3. The van der Waals surface area contributed by atoms with Crippen LogP contribution in [0.1, 0.15) is 169 Å². The molecule has 0 bridgehead atoms. The maximum atomic E-state index is 13.2. The molecule has 0 N–H and O–H groups in total. The summed E-state index contributed by atoms with van der Waals surface area (Å²) >= 11 is 0. The van der Waals surface area contributed by atoms with Crippen LogP contribution in [-0.4, -0.2) is 98.9 Å². The molecule has 12 heteroatoms. The van der Waals surface area contributed by atoms with Crippen molar-refractivity contribution >= 4 is 11.9 Å². The zero-order chi connectivity index (χ0) is 61.3. The van der Waals surface area contributed by atoms with Crippen LogP contribution in [0, 0.1) is 23.2 Å². The number of para-hydroxylation sites is 2. The number of carbonyl (C=O) groups excluding carboxylic acids is 2. The third-order valence-electron chi connectivity index (χ3n) is 16.7. The normalized spacial score (nSPS) is 14.0. The fraction of sp³-hybridized carbons (Fsp3) is 0.556. The summed E-state index contributed by atoms with van der Waals surface area (Å²) in [5, 5.41) is 0. The van der Waals surface area contributed by atoms with Crippen molar-refractivity contribution in [2.45, 2.75) is 182 Å². The number of unbranched alkanes of at least 4 members (excludes halogenated alkanes) is 2. The van der Waals surface area contributed by atoms with Crippen molar-refractivity contribution in [3.63, 3.8) is 0 Å². The summed E-state index contributed by atoms with van der Waals surface area (Å²) in [5.41, 5.74) is -2.01. The van der Waals surface area contributed by atoms with Crippen molar-refractivity contribution in [2.75, 3.05) is 52.9 Å². The number of benzene rings is 5. The van der Waals surface area contributed by atoms with Gasteiger partial charge in [-0.1, -0.05) is 106 Å². The molecule has 12 nitrogen and oxygen atoms in total. The Hall–Kier alpha value is -5.92. The Kier molecular flexibility index (Phi) is 27.1. The fourth-order valence-electron chi connectivity index (χ4n) is 9.25. The van der Waals surface area contributed by atoms with Gasteiger partial charge in [-0.05, 0) is 186 Å². The highest BCUT2D eigenvalue weighted by atomic mass is 16.6. The molecule has 0 radical (unpaired) electrons. The standard InChI is InChI=1S/C72H102O12/c1-55(56(2)77-51-59(52-78-61-36-23-17-24-37-61)70(9,10)83-65(73)57-32-19-15-20-33-57)31-27-29-47-80-68(5,6)45-49-75-63-40-42-64(43-41-63)76-50-46-69(7,8)81-48-30-28-44-67(3,4)72(13,14)82-54-60(53-79-62-38-25-18-26-39-62)71(11,12)84-66(74)58-34-21-16-22-35-58/h15-26,32-43,55-56,59-60H,27-31,44-54H2,1-14H3. The van der Waals surface area contributed by atoms with Crippen molar-refractivity contribution in [1.29, 1.82) is 0 Å². The first-order valence-corrected chi connectivity index (χ1v) is 30.6. The molecule has 0 saturated carbocycles. The molecule has 0 aliphatic heterocycles. The van der Waals surface area contributed by atoms with E-state index in [2.05, 4.69) is 69.2 Å². The van der Waals surface area contributed by atoms with Crippen molar-refractivity contribution < 1.29 is 57.0 Å². The van der Waals surface area contributed by atoms with Crippen LogP contribution in [0.2, 0.25) is 0 Å². The van der Waals surface area contributed by atoms with Crippen LogP contribution in [-0.2, 0) is 28.4 Å². The molecule has 0 fully saturated rings. The summed E-state index contributed by atoms with van der Waals surface area (Å²) in [7, 11) is 0. The second kappa shape index (κ2) is 33.1. The molecule has 0 saturated heterocycles. The van der Waals surface area contributed by atoms with Gasteiger partial charge >= 0.3 is 11.9 Å². The molecule has 5 rings (SSSR count). The van der Waals surface area contributed by atoms with E-state index in [4.69, 9.17) is 47.4 Å². The van der Waals surface area contributed by atoms with Crippen LogP contribution >= 0.6 is 0 Å². The molecular weight excluding hydrogens is 1060 g/mol. The molecule has 0 heterocycles. The van der Waals surface area contributed by atoms with Gasteiger partial charge in [-0.15, -0.1) is 0 Å². The predicted octanol–water partition coefficient (Wildman–Crippen LogP) is 16.7. The third-order valence-corrected chi connectivity index (χ3v) is 16.7. The minimum absolute atomic E-state index is 0.00136. The number of carbonyl (C=O) groups is 2. The molecule has 462 valence electrons. The highest BCUT2D eigenvalue weighted by Gasteiger charge is 2.42. The van der Waals surface area contributed by atoms with E-state index in [0.717, 1.165) is 74.4 Å². The van der Waals surface area contributed by atoms with Crippen LogP contribution < -0.4 is 18.9 Å². The number of esters is 2. The van der Waals surface area contributed by atoms with E-state index >= 15 is 0 Å². The van der Waals surface area contributed by atoms with Gasteiger partial charge in [0.05, 0.1) is 85.5 Å². The predicted molar refractivity (Wildman–Crippen MR) is 336 cm³/mol. The lowest BCUT2D eigenvalue weighted by atomic mass is 9.73. The first-order chi connectivity index (χ1) is 39.8. The second-order valence-electron chi connectivity index (χ2n) is 25.9. The number of ether oxygens (including phenoxy) is 10. The Balaban J connectivity index is 0.939. The minimum Gasteiger partial charge on any atom is -0.493 e. The van der Waals surface area contributed by atoms with Crippen molar-refractivity contribution in [1.82, 2.24) is 0 Å². The van der Waals surface area contributed by atoms with E-state index in [-0.39, 0.29) is 46.5 Å². The molecule has 0 amide bonds. The van der Waals surface area contributed by atoms with Crippen LogP contribution in [0.4, 0.5) is 0 Å². The van der Waals surface area contributed by atoms with Gasteiger partial charge in [0, 0.05) is 26.1 Å². The highest BCUT2D eigenvalue weighted by Crippen LogP contribution is 2.40. The van der Waals surface area contributed by atoms with Gasteiger partial charge < -0.3 is 47.4 Å². The van der Waals surface area contributed by atoms with E-state index < -0.39 is 16.8 Å². The topological polar surface area (TPSA) is 126 Å². The molecule has 0 aliphatic carbocycles. The molecule has 5 aromatic carbocycles. The molecule has 0 spiro atoms. The molecule has 4 unspecified atom stereocenters. The zero-order valence-corrected chi connectivity index (χ0v) is 53.4. The molecule has 0 aromatic heterocycles. The van der Waals surface area contributed by atoms with Crippen LogP contribution in [0.25, 0.3) is 0 Å². The van der Waals surface area contributed by atoms with E-state index in [1.165, 1.54) is 0 Å². The average Bonchev–Trinajstić information content (AvgIpc) is 3.03. The largest absolute Gasteiger partial charge is 0.493 e. The summed E-state index contributed by atoms with van der Waals surface area (Å²) in [6, 6.07) is 45.3. The third kappa shape index (κ3) is 24.2. The van der Waals surface area contributed by atoms with Crippen LogP contribution in [0.5, 0.6) is 23.0 Å². The minimum atomic E-state index is -0.869. The van der Waals surface area contributed by atoms with E-state index in [0.29, 0.717) is 69.9 Å². The van der Waals surface area contributed by atoms with Crippen molar-refractivity contribution in [2.24, 2.45) is 23.2 Å². The Labute approximate surface area is 504 Å². The Bertz CT molecular complexity index is 2620. The molecular formula is C72H102O12. The molecule has 0 aliphatic rings. The molecule has 5 aromatic rings. The maximum absolute atomic E-state index is 13.2. The van der Waals surface area contributed by atoms with Crippen molar-refractivity contribution in [3.8, 4) is 23.0 Å². The zero-order valence-electron chi connectivity index (χ0n) is 53.4. The average molecular weight is 1160 g/mol. The smallest absolute Gasteiger partial charge is 0.338 e. The van der Waals surface area contributed by atoms with Gasteiger partial charge in [-0.2, -0.15) is 0 Å². The first-order valence-electron chi connectivity index (χ1n) is 30.6. The number of rotatable bonds is 40. The SMILES string of the molecule is CC(CCCCOC(C)(C)CCOc1ccc(OCCC(C)(C)OCCCCC(C)(C)C(C)(C)OCC(COc2ccccc2)C(C)(C)OC(=O)c2ccccc2)cc1)C(C)OCC(COc1ccccc1)C(C)(C)OC(=O)c1ccccc1. The first kappa shape index (κ1) is 68.9. The van der Waals surface area contributed by atoms with Gasteiger partial charge in [0.1, 0.15) is 34.2 Å². The Morgan fingerprint density at radius 3 is 1.20 bits per heavy atom. The molecule has 84 heavy (non-hydrogen) atoms. The lowest BCUT2D eigenvalue weighted by Gasteiger charge is -2.44. The van der Waals surface area contributed by atoms with E-state index in [1.54, 1.807) is 24.3 Å². The van der Waals surface area contributed by atoms with Gasteiger partial charge in [-0.25, -0.2) is 9.59 Å². The summed E-state index contributed by atoms with van der Waals surface area (Å²) in [5.74, 6) is 2.23. The van der Waals surface area contributed by atoms with Crippen LogP contribution in [0.15, 0.2) is 146 Å². The lowest BCUT2D eigenvalue weighted by Crippen LogP contribution is -2.47. The van der Waals surface area contributed by atoms with Gasteiger partial charge in [0.2, 0.25) is 0 Å². The Morgan fingerprint density at radius 2 is 0.774 bits per heavy atom. The summed E-state index contributed by atoms with van der Waals surface area (Å²) < 4.78 is 62.9. The number of hydrogen-bond donors (Lipinski definition) is 0. The van der Waals surface area contributed by atoms with Gasteiger partial charge in [-0.3, -0.25) is 0 Å². The highest BCUT2D eigenvalue weighted by molar-refractivity contribution is 5.90. The quantitative estimate of drug-likeness (QED) is 0.0274. The second-order valence-corrected chi connectivity index (χ2v) is 25.9. The van der Waals surface area contributed by atoms with Crippen molar-refractivity contribution in [3.05, 3.63) is 157 Å². The Morgan fingerprint density at radius 1 is 0.393 bits per heavy atom. The monoisotopic (exact) mass is 1160 g/mol. The van der Waals surface area contributed by atoms with Crippen LogP contribution in [0.3, 0.4) is 0 Å².